The van der Waals surface area contributed by atoms with Crippen LogP contribution in [-0.2, 0) is 9.59 Å². The van der Waals surface area contributed by atoms with Crippen molar-refractivity contribution >= 4 is 17.9 Å². The molecule has 0 saturated carbocycles. The van der Waals surface area contributed by atoms with Gasteiger partial charge in [-0.3, -0.25) is 4.79 Å². The highest BCUT2D eigenvalue weighted by Gasteiger charge is 2.33. The number of hydrogen-bond acceptors (Lipinski definition) is 3. The molecule has 0 aliphatic rings. The van der Waals surface area contributed by atoms with Crippen molar-refractivity contribution in [3.05, 3.63) is 0 Å². The molecule has 0 heterocycles. The molecule has 3 amide bonds. The first-order chi connectivity index (χ1) is 8.59. The number of carboxylic acids is 1. The third-order valence-corrected chi connectivity index (χ3v) is 2.48. The van der Waals surface area contributed by atoms with Crippen LogP contribution in [0.5, 0.6) is 0 Å². The Hall–Kier alpha value is -1.79. The molecule has 0 aliphatic heterocycles. The van der Waals surface area contributed by atoms with Crippen molar-refractivity contribution in [2.45, 2.75) is 33.7 Å². The monoisotopic (exact) mass is 273 g/mol. The molecule has 7 nitrogen and oxygen atoms in total. The minimum absolute atomic E-state index is 0.115. The lowest BCUT2D eigenvalue weighted by Gasteiger charge is -2.29. The Labute approximate surface area is 113 Å². The second kappa shape index (κ2) is 6.96. The SMILES string of the molecule is CCNC(=O)CN(C)C(=O)N[C@@H](C(=O)O)C(C)(C)C. The molecule has 0 unspecified atom stereocenters. The number of urea groups is 1. The minimum atomic E-state index is -1.10. The second-order valence-corrected chi connectivity index (χ2v) is 5.40. The van der Waals surface area contributed by atoms with Crippen LogP contribution in [0.4, 0.5) is 4.79 Å². The first-order valence-corrected chi connectivity index (χ1v) is 6.10. The molecule has 0 rings (SSSR count). The quantitative estimate of drug-likeness (QED) is 0.669. The predicted molar refractivity (Wildman–Crippen MR) is 70.7 cm³/mol. The fourth-order valence-electron chi connectivity index (χ4n) is 1.42. The third kappa shape index (κ3) is 6.08. The number of hydrogen-bond donors (Lipinski definition) is 3. The zero-order chi connectivity index (χ0) is 15.2. The van der Waals surface area contributed by atoms with Crippen molar-refractivity contribution in [2.75, 3.05) is 20.1 Å². The van der Waals surface area contributed by atoms with Crippen LogP contribution < -0.4 is 10.6 Å². The molecule has 3 N–H and O–H groups in total. The van der Waals surface area contributed by atoms with Gasteiger partial charge in [0.2, 0.25) is 5.91 Å². The van der Waals surface area contributed by atoms with E-state index >= 15 is 0 Å². The Balaban J connectivity index is 4.57. The van der Waals surface area contributed by atoms with Crippen LogP contribution >= 0.6 is 0 Å². The van der Waals surface area contributed by atoms with E-state index in [1.165, 1.54) is 7.05 Å². The number of carbonyl (C=O) groups is 3. The lowest BCUT2D eigenvalue weighted by molar-refractivity contribution is -0.142. The van der Waals surface area contributed by atoms with E-state index in [9.17, 15) is 14.4 Å². The van der Waals surface area contributed by atoms with Gasteiger partial charge < -0.3 is 20.6 Å². The van der Waals surface area contributed by atoms with Crippen molar-refractivity contribution in [1.82, 2.24) is 15.5 Å². The van der Waals surface area contributed by atoms with E-state index in [1.54, 1.807) is 27.7 Å². The highest BCUT2D eigenvalue weighted by Crippen LogP contribution is 2.19. The summed E-state index contributed by atoms with van der Waals surface area (Å²) in [5.41, 5.74) is -0.617. The summed E-state index contributed by atoms with van der Waals surface area (Å²) in [6.07, 6.45) is 0. The van der Waals surface area contributed by atoms with E-state index in [0.717, 1.165) is 4.90 Å². The molecule has 110 valence electrons. The van der Waals surface area contributed by atoms with E-state index in [4.69, 9.17) is 5.11 Å². The van der Waals surface area contributed by atoms with E-state index < -0.39 is 23.5 Å². The molecule has 1 atom stereocenters. The van der Waals surface area contributed by atoms with Crippen LogP contribution in [0.3, 0.4) is 0 Å². The third-order valence-electron chi connectivity index (χ3n) is 2.48. The first-order valence-electron chi connectivity index (χ1n) is 6.10. The summed E-state index contributed by atoms with van der Waals surface area (Å²) < 4.78 is 0. The van der Waals surface area contributed by atoms with Gasteiger partial charge in [-0.25, -0.2) is 9.59 Å². The number of aliphatic carboxylic acids is 1. The van der Waals surface area contributed by atoms with Gasteiger partial charge in [0.15, 0.2) is 0 Å². The zero-order valence-corrected chi connectivity index (χ0v) is 12.1. The summed E-state index contributed by atoms with van der Waals surface area (Å²) in [4.78, 5) is 35.4. The van der Waals surface area contributed by atoms with Gasteiger partial charge >= 0.3 is 12.0 Å². The molecule has 19 heavy (non-hydrogen) atoms. The Morgan fingerprint density at radius 3 is 2.16 bits per heavy atom. The average molecular weight is 273 g/mol. The van der Waals surface area contributed by atoms with Crippen LogP contribution in [0.15, 0.2) is 0 Å². The first kappa shape index (κ1) is 17.2. The summed E-state index contributed by atoms with van der Waals surface area (Å²) >= 11 is 0. The minimum Gasteiger partial charge on any atom is -0.480 e. The molecular weight excluding hydrogens is 250 g/mol. The molecule has 0 radical (unpaired) electrons. The molecule has 7 heteroatoms. The van der Waals surface area contributed by atoms with Crippen molar-refractivity contribution in [1.29, 1.82) is 0 Å². The molecular formula is C12H23N3O4. The van der Waals surface area contributed by atoms with Crippen LogP contribution in [0, 0.1) is 5.41 Å². The number of carboxylic acid groups (broad SMARTS) is 1. The van der Waals surface area contributed by atoms with Gasteiger partial charge in [-0.2, -0.15) is 0 Å². The highest BCUT2D eigenvalue weighted by atomic mass is 16.4. The van der Waals surface area contributed by atoms with Gasteiger partial charge in [0.25, 0.3) is 0 Å². The van der Waals surface area contributed by atoms with Crippen LogP contribution in [-0.4, -0.2) is 54.1 Å². The summed E-state index contributed by atoms with van der Waals surface area (Å²) in [5.74, 6) is -1.39. The van der Waals surface area contributed by atoms with E-state index in [0.29, 0.717) is 6.54 Å². The smallest absolute Gasteiger partial charge is 0.326 e. The van der Waals surface area contributed by atoms with E-state index in [2.05, 4.69) is 10.6 Å². The lowest BCUT2D eigenvalue weighted by atomic mass is 9.87. The summed E-state index contributed by atoms with van der Waals surface area (Å²) in [6.45, 7) is 7.30. The van der Waals surface area contributed by atoms with Gasteiger partial charge in [-0.05, 0) is 12.3 Å². The van der Waals surface area contributed by atoms with Crippen molar-refractivity contribution < 1.29 is 19.5 Å². The standard InChI is InChI=1S/C12H23N3O4/c1-6-13-8(16)7-15(5)11(19)14-9(10(17)18)12(2,3)4/h9H,6-7H2,1-5H3,(H,13,16)(H,14,19)(H,17,18)/t9-/m0/s1. The summed E-state index contributed by atoms with van der Waals surface area (Å²) in [5, 5.41) is 14.1. The maximum Gasteiger partial charge on any atom is 0.326 e. The molecule has 0 saturated heterocycles. The van der Waals surface area contributed by atoms with Gasteiger partial charge in [-0.1, -0.05) is 20.8 Å². The number of carbonyl (C=O) groups excluding carboxylic acids is 2. The molecule has 0 aromatic carbocycles. The maximum absolute atomic E-state index is 11.8. The molecule has 0 bridgehead atoms. The van der Waals surface area contributed by atoms with Gasteiger partial charge in [0.1, 0.15) is 12.6 Å². The molecule has 0 fully saturated rings. The lowest BCUT2D eigenvalue weighted by Crippen LogP contribution is -2.53. The number of nitrogens with one attached hydrogen (secondary N) is 2. The van der Waals surface area contributed by atoms with Crippen LogP contribution in [0.2, 0.25) is 0 Å². The summed E-state index contributed by atoms with van der Waals surface area (Å²) in [6, 6.07) is -1.61. The molecule has 0 aromatic rings. The van der Waals surface area contributed by atoms with Crippen molar-refractivity contribution in [3.63, 3.8) is 0 Å². The Morgan fingerprint density at radius 1 is 1.26 bits per heavy atom. The molecule has 0 aromatic heterocycles. The number of amides is 3. The van der Waals surface area contributed by atoms with Crippen LogP contribution in [0.25, 0.3) is 0 Å². The van der Waals surface area contributed by atoms with Gasteiger partial charge in [0.05, 0.1) is 0 Å². The Morgan fingerprint density at radius 2 is 1.79 bits per heavy atom. The molecule has 0 aliphatic carbocycles. The number of likely N-dealkylation sites (N-methyl/N-ethyl adjacent to an activating group) is 2. The fourth-order valence-corrected chi connectivity index (χ4v) is 1.42. The van der Waals surface area contributed by atoms with E-state index in [1.807, 2.05) is 0 Å². The normalized spacial score (nSPS) is 12.5. The number of rotatable bonds is 5. The topological polar surface area (TPSA) is 98.7 Å². The second-order valence-electron chi connectivity index (χ2n) is 5.40. The zero-order valence-electron chi connectivity index (χ0n) is 12.1. The van der Waals surface area contributed by atoms with Gasteiger partial charge in [0, 0.05) is 13.6 Å². The Bertz CT molecular complexity index is 349. The largest absolute Gasteiger partial charge is 0.480 e. The van der Waals surface area contributed by atoms with E-state index in [-0.39, 0.29) is 12.5 Å². The number of nitrogens with zero attached hydrogens (tertiary/aromatic N) is 1. The van der Waals surface area contributed by atoms with Crippen molar-refractivity contribution in [3.8, 4) is 0 Å². The van der Waals surface area contributed by atoms with Crippen molar-refractivity contribution in [2.24, 2.45) is 5.41 Å². The maximum atomic E-state index is 11.8. The fraction of sp³-hybridized carbons (Fsp3) is 0.750. The summed E-state index contributed by atoms with van der Waals surface area (Å²) in [7, 11) is 1.44. The van der Waals surface area contributed by atoms with Crippen LogP contribution in [0.1, 0.15) is 27.7 Å². The van der Waals surface area contributed by atoms with Gasteiger partial charge in [-0.15, -0.1) is 0 Å². The molecule has 0 spiro atoms. The average Bonchev–Trinajstić information content (AvgIpc) is 2.23. The predicted octanol–water partition coefficient (Wildman–Crippen LogP) is 0.263. The highest BCUT2D eigenvalue weighted by molar-refractivity contribution is 5.86. The Kier molecular flexibility index (Phi) is 6.31.